The van der Waals surface area contributed by atoms with E-state index in [1.807, 2.05) is 6.92 Å². The number of morpholine rings is 1. The Morgan fingerprint density at radius 1 is 1.21 bits per heavy atom. The Kier molecular flexibility index (Phi) is 5.84. The number of ether oxygens (including phenoxy) is 1. The summed E-state index contributed by atoms with van der Waals surface area (Å²) in [5, 5.41) is 3.03. The number of sulfonamides is 1. The largest absolute Gasteiger partial charge is 0.379 e. The minimum atomic E-state index is -3.71. The molecule has 1 aliphatic rings. The molecule has 1 aliphatic heterocycles. The molecule has 0 unspecified atom stereocenters. The number of nitrogens with zero attached hydrogens (tertiary/aromatic N) is 1. The number of nitrogens with one attached hydrogen (secondary N) is 1. The quantitative estimate of drug-likeness (QED) is 0.759. The molecular weight excluding hydrogens is 402 g/mol. The van der Waals surface area contributed by atoms with Crippen molar-refractivity contribution in [2.24, 2.45) is 5.73 Å². The van der Waals surface area contributed by atoms with Crippen LogP contribution in [0.15, 0.2) is 29.2 Å². The molecular formula is C18H21N3O5S2. The number of carbonyl (C=O) groups is 2. The summed E-state index contributed by atoms with van der Waals surface area (Å²) >= 11 is 1.25. The fraction of sp³-hybridized carbons (Fsp3) is 0.333. The van der Waals surface area contributed by atoms with Gasteiger partial charge >= 0.3 is 0 Å². The van der Waals surface area contributed by atoms with Gasteiger partial charge < -0.3 is 15.8 Å². The Labute approximate surface area is 167 Å². The molecule has 150 valence electrons. The number of benzene rings is 1. The van der Waals surface area contributed by atoms with Crippen LogP contribution >= 0.6 is 11.3 Å². The van der Waals surface area contributed by atoms with E-state index in [2.05, 4.69) is 5.32 Å². The number of aryl methyl sites for hydroxylation is 1. The van der Waals surface area contributed by atoms with Gasteiger partial charge in [0.25, 0.3) is 11.8 Å². The Morgan fingerprint density at radius 2 is 1.89 bits per heavy atom. The highest BCUT2D eigenvalue weighted by atomic mass is 32.2. The molecule has 1 fully saturated rings. The third kappa shape index (κ3) is 3.95. The van der Waals surface area contributed by atoms with E-state index >= 15 is 0 Å². The van der Waals surface area contributed by atoms with E-state index in [-0.39, 0.29) is 29.1 Å². The van der Waals surface area contributed by atoms with Crippen LogP contribution in [0.5, 0.6) is 0 Å². The first kappa shape index (κ1) is 20.5. The highest BCUT2D eigenvalue weighted by molar-refractivity contribution is 7.89. The number of thiophene rings is 1. The molecule has 2 aromatic rings. The van der Waals surface area contributed by atoms with Crippen LogP contribution in [0.2, 0.25) is 0 Å². The molecule has 0 atom stereocenters. The van der Waals surface area contributed by atoms with Gasteiger partial charge in [0.2, 0.25) is 10.0 Å². The maximum atomic E-state index is 12.8. The lowest BCUT2D eigenvalue weighted by atomic mass is 10.1. The summed E-state index contributed by atoms with van der Waals surface area (Å²) < 4.78 is 32.1. The molecule has 1 aromatic carbocycles. The summed E-state index contributed by atoms with van der Waals surface area (Å²) in [4.78, 5) is 25.3. The third-order valence-electron chi connectivity index (χ3n) is 4.56. The molecule has 0 spiro atoms. The summed E-state index contributed by atoms with van der Waals surface area (Å²) in [7, 11) is -3.71. The minimum Gasteiger partial charge on any atom is -0.379 e. The first-order valence-corrected chi connectivity index (χ1v) is 10.9. The zero-order chi connectivity index (χ0) is 20.5. The van der Waals surface area contributed by atoms with E-state index in [1.54, 1.807) is 6.92 Å². The maximum Gasteiger partial charge on any atom is 0.256 e. The highest BCUT2D eigenvalue weighted by Crippen LogP contribution is 2.32. The first-order valence-electron chi connectivity index (χ1n) is 8.61. The second-order valence-electron chi connectivity index (χ2n) is 6.35. The number of carbonyl (C=O) groups excluding carboxylic acids is 2. The number of amides is 2. The van der Waals surface area contributed by atoms with Crippen LogP contribution in [0.1, 0.15) is 31.2 Å². The second kappa shape index (κ2) is 8.00. The van der Waals surface area contributed by atoms with Gasteiger partial charge in [0.1, 0.15) is 5.00 Å². The van der Waals surface area contributed by atoms with Crippen molar-refractivity contribution in [2.45, 2.75) is 18.7 Å². The topological polar surface area (TPSA) is 119 Å². The third-order valence-corrected chi connectivity index (χ3v) is 7.58. The van der Waals surface area contributed by atoms with Crippen LogP contribution < -0.4 is 11.1 Å². The smallest absolute Gasteiger partial charge is 0.256 e. The van der Waals surface area contributed by atoms with Gasteiger partial charge in [-0.05, 0) is 37.6 Å². The van der Waals surface area contributed by atoms with Gasteiger partial charge in [-0.3, -0.25) is 9.59 Å². The van der Waals surface area contributed by atoms with Crippen molar-refractivity contribution in [3.05, 3.63) is 45.8 Å². The molecule has 2 amide bonds. The fourth-order valence-corrected chi connectivity index (χ4v) is 5.44. The van der Waals surface area contributed by atoms with Gasteiger partial charge in [-0.25, -0.2) is 8.42 Å². The standard InChI is InChI=1S/C18H21N3O5S2/c1-11-12(2)27-18(15(11)16(19)22)20-17(23)13-4-3-5-14(10-13)28(24,25)21-6-8-26-9-7-21/h3-5,10H,6-9H2,1-2H3,(H2,19,22)(H,20,23). The Hall–Kier alpha value is -2.27. The Bertz CT molecular complexity index is 1020. The van der Waals surface area contributed by atoms with Crippen molar-refractivity contribution in [3.8, 4) is 0 Å². The van der Waals surface area contributed by atoms with Crippen molar-refractivity contribution < 1.29 is 22.7 Å². The lowest BCUT2D eigenvalue weighted by molar-refractivity contribution is 0.0730. The zero-order valence-electron chi connectivity index (χ0n) is 15.5. The molecule has 8 nitrogen and oxygen atoms in total. The lowest BCUT2D eigenvalue weighted by Crippen LogP contribution is -2.40. The van der Waals surface area contributed by atoms with Crippen LogP contribution in [-0.4, -0.2) is 50.8 Å². The molecule has 3 rings (SSSR count). The van der Waals surface area contributed by atoms with Crippen LogP contribution in [0.25, 0.3) is 0 Å². The predicted molar refractivity (Wildman–Crippen MR) is 106 cm³/mol. The van der Waals surface area contributed by atoms with Crippen molar-refractivity contribution in [1.29, 1.82) is 0 Å². The number of rotatable bonds is 5. The van der Waals surface area contributed by atoms with Gasteiger partial charge in [-0.1, -0.05) is 6.07 Å². The van der Waals surface area contributed by atoms with Crippen molar-refractivity contribution in [3.63, 3.8) is 0 Å². The maximum absolute atomic E-state index is 12.8. The lowest BCUT2D eigenvalue weighted by Gasteiger charge is -2.26. The van der Waals surface area contributed by atoms with Crippen LogP contribution in [0.4, 0.5) is 5.00 Å². The van der Waals surface area contributed by atoms with E-state index in [9.17, 15) is 18.0 Å². The van der Waals surface area contributed by atoms with Gasteiger partial charge in [0.15, 0.2) is 0 Å². The number of hydrogen-bond donors (Lipinski definition) is 2. The molecule has 1 saturated heterocycles. The first-order chi connectivity index (χ1) is 13.2. The summed E-state index contributed by atoms with van der Waals surface area (Å²) in [6.45, 7) is 4.82. The fourth-order valence-electron chi connectivity index (χ4n) is 2.92. The van der Waals surface area contributed by atoms with E-state index < -0.39 is 21.8 Å². The second-order valence-corrected chi connectivity index (χ2v) is 9.51. The monoisotopic (exact) mass is 423 g/mol. The zero-order valence-corrected chi connectivity index (χ0v) is 17.2. The van der Waals surface area contributed by atoms with Crippen molar-refractivity contribution >= 4 is 38.2 Å². The molecule has 0 bridgehead atoms. The van der Waals surface area contributed by atoms with E-state index in [0.29, 0.717) is 18.2 Å². The molecule has 0 saturated carbocycles. The van der Waals surface area contributed by atoms with E-state index in [4.69, 9.17) is 10.5 Å². The molecule has 1 aromatic heterocycles. The SMILES string of the molecule is Cc1sc(NC(=O)c2cccc(S(=O)(=O)N3CCOCC3)c2)c(C(N)=O)c1C. The van der Waals surface area contributed by atoms with Crippen molar-refractivity contribution in [1.82, 2.24) is 4.31 Å². The number of nitrogens with two attached hydrogens (primary N) is 1. The van der Waals surface area contributed by atoms with Crippen LogP contribution in [-0.2, 0) is 14.8 Å². The van der Waals surface area contributed by atoms with E-state index in [1.165, 1.54) is 39.9 Å². The van der Waals surface area contributed by atoms with E-state index in [0.717, 1.165) is 10.4 Å². The van der Waals surface area contributed by atoms with Gasteiger partial charge in [0.05, 0.1) is 23.7 Å². The minimum absolute atomic E-state index is 0.0377. The van der Waals surface area contributed by atoms with Gasteiger partial charge in [0, 0.05) is 23.5 Å². The molecule has 0 radical (unpaired) electrons. The number of hydrogen-bond acceptors (Lipinski definition) is 6. The summed E-state index contributed by atoms with van der Waals surface area (Å²) in [6.07, 6.45) is 0. The van der Waals surface area contributed by atoms with Gasteiger partial charge in [-0.2, -0.15) is 4.31 Å². The molecule has 3 N–H and O–H groups in total. The Morgan fingerprint density at radius 3 is 2.54 bits per heavy atom. The average molecular weight is 424 g/mol. The summed E-state index contributed by atoms with van der Waals surface area (Å²) in [6, 6.07) is 5.82. The predicted octanol–water partition coefficient (Wildman–Crippen LogP) is 1.74. The van der Waals surface area contributed by atoms with Crippen molar-refractivity contribution in [2.75, 3.05) is 31.6 Å². The number of primary amides is 1. The van der Waals surface area contributed by atoms with Crippen LogP contribution in [0.3, 0.4) is 0 Å². The molecule has 10 heteroatoms. The van der Waals surface area contributed by atoms with Gasteiger partial charge in [-0.15, -0.1) is 11.3 Å². The summed E-state index contributed by atoms with van der Waals surface area (Å²) in [5.41, 5.74) is 6.59. The number of anilines is 1. The molecule has 2 heterocycles. The Balaban J connectivity index is 1.87. The highest BCUT2D eigenvalue weighted by Gasteiger charge is 2.27. The molecule has 28 heavy (non-hydrogen) atoms. The average Bonchev–Trinajstić information content (AvgIpc) is 2.96. The van der Waals surface area contributed by atoms with Crippen LogP contribution in [0, 0.1) is 13.8 Å². The molecule has 0 aliphatic carbocycles. The normalized spacial score (nSPS) is 15.4. The summed E-state index contributed by atoms with van der Waals surface area (Å²) in [5.74, 6) is -1.14.